The second-order valence-electron chi connectivity index (χ2n) is 5.37. The van der Waals surface area contributed by atoms with Gasteiger partial charge in [0.15, 0.2) is 0 Å². The highest BCUT2D eigenvalue weighted by Gasteiger charge is 2.37. The van der Waals surface area contributed by atoms with Gasteiger partial charge in [-0.3, -0.25) is 4.79 Å². The summed E-state index contributed by atoms with van der Waals surface area (Å²) in [6.07, 6.45) is 0.791. The molecule has 2 atom stereocenters. The van der Waals surface area contributed by atoms with E-state index < -0.39 is 5.60 Å². The number of hydrogen-bond acceptors (Lipinski definition) is 3. The van der Waals surface area contributed by atoms with Gasteiger partial charge in [0.1, 0.15) is 5.60 Å². The van der Waals surface area contributed by atoms with Gasteiger partial charge >= 0.3 is 0 Å². The van der Waals surface area contributed by atoms with E-state index in [9.17, 15) is 9.90 Å². The van der Waals surface area contributed by atoms with Gasteiger partial charge in [0.25, 0.3) is 5.91 Å². The highest BCUT2D eigenvalue weighted by Crippen LogP contribution is 2.27. The van der Waals surface area contributed by atoms with Crippen molar-refractivity contribution in [3.63, 3.8) is 0 Å². The van der Waals surface area contributed by atoms with Crippen molar-refractivity contribution in [1.82, 2.24) is 5.32 Å². The lowest BCUT2D eigenvalue weighted by Crippen LogP contribution is -2.48. The summed E-state index contributed by atoms with van der Waals surface area (Å²) in [5.41, 5.74) is -0.465. The van der Waals surface area contributed by atoms with Crippen LogP contribution < -0.4 is 5.32 Å². The fourth-order valence-corrected chi connectivity index (χ4v) is 2.90. The molecule has 1 amide bonds. The molecule has 112 valence electrons. The molecule has 1 aromatic heterocycles. The van der Waals surface area contributed by atoms with Gasteiger partial charge in [-0.2, -0.15) is 0 Å². The Morgan fingerprint density at radius 3 is 2.62 bits per heavy atom. The molecule has 0 bridgehead atoms. The van der Waals surface area contributed by atoms with Crippen LogP contribution in [-0.2, 0) is 11.2 Å². The summed E-state index contributed by atoms with van der Waals surface area (Å²) in [6, 6.07) is 13.6. The van der Waals surface area contributed by atoms with Gasteiger partial charge in [-0.15, -0.1) is 11.3 Å². The van der Waals surface area contributed by atoms with E-state index in [1.807, 2.05) is 54.8 Å². The lowest BCUT2D eigenvalue weighted by Gasteiger charge is -2.29. The second kappa shape index (κ2) is 6.87. The highest BCUT2D eigenvalue weighted by molar-refractivity contribution is 7.09. The molecule has 0 fully saturated rings. The molecule has 0 aliphatic heterocycles. The van der Waals surface area contributed by atoms with Crippen LogP contribution in [0.5, 0.6) is 0 Å². The first-order valence-corrected chi connectivity index (χ1v) is 7.98. The molecule has 0 aliphatic rings. The van der Waals surface area contributed by atoms with Crippen LogP contribution in [0.4, 0.5) is 0 Å². The third kappa shape index (κ3) is 3.93. The number of aliphatic hydroxyl groups is 1. The molecule has 0 spiro atoms. The monoisotopic (exact) mass is 303 g/mol. The zero-order valence-electron chi connectivity index (χ0n) is 12.4. The molecule has 2 aromatic rings. The fraction of sp³-hybridized carbons (Fsp3) is 0.353. The predicted molar refractivity (Wildman–Crippen MR) is 86.5 cm³/mol. The van der Waals surface area contributed by atoms with E-state index in [-0.39, 0.29) is 11.8 Å². The summed E-state index contributed by atoms with van der Waals surface area (Å²) >= 11 is 1.67. The van der Waals surface area contributed by atoms with Gasteiger partial charge in [-0.05, 0) is 30.4 Å². The van der Waals surface area contributed by atoms with Crippen LogP contribution in [0.2, 0.25) is 0 Å². The SMILES string of the molecule is CC(c1ccccc1)C(C)(O)C(=O)NCCc1cccs1. The lowest BCUT2D eigenvalue weighted by molar-refractivity contribution is -0.139. The van der Waals surface area contributed by atoms with Gasteiger partial charge in [-0.25, -0.2) is 0 Å². The van der Waals surface area contributed by atoms with E-state index in [2.05, 4.69) is 5.32 Å². The number of nitrogens with one attached hydrogen (secondary N) is 1. The van der Waals surface area contributed by atoms with Crippen LogP contribution in [0.25, 0.3) is 0 Å². The van der Waals surface area contributed by atoms with Crippen LogP contribution >= 0.6 is 11.3 Å². The summed E-state index contributed by atoms with van der Waals surface area (Å²) in [4.78, 5) is 13.5. The molecule has 2 N–H and O–H groups in total. The number of carbonyl (C=O) groups is 1. The third-order valence-electron chi connectivity index (χ3n) is 3.84. The molecule has 2 unspecified atom stereocenters. The molecule has 0 aliphatic carbocycles. The Balaban J connectivity index is 1.93. The number of thiophene rings is 1. The summed E-state index contributed by atoms with van der Waals surface area (Å²) in [5.74, 6) is -0.587. The smallest absolute Gasteiger partial charge is 0.252 e. The molecule has 2 rings (SSSR count). The maximum absolute atomic E-state index is 12.3. The van der Waals surface area contributed by atoms with Crippen LogP contribution in [0.15, 0.2) is 47.8 Å². The zero-order valence-corrected chi connectivity index (χ0v) is 13.2. The molecule has 0 radical (unpaired) electrons. The molecule has 4 heteroatoms. The van der Waals surface area contributed by atoms with E-state index in [1.165, 1.54) is 4.88 Å². The minimum atomic E-state index is -1.42. The summed E-state index contributed by atoms with van der Waals surface area (Å²) in [7, 11) is 0. The van der Waals surface area contributed by atoms with Crippen LogP contribution in [0.1, 0.15) is 30.2 Å². The van der Waals surface area contributed by atoms with Crippen molar-refractivity contribution >= 4 is 17.2 Å². The quantitative estimate of drug-likeness (QED) is 0.862. The maximum Gasteiger partial charge on any atom is 0.252 e. The maximum atomic E-state index is 12.3. The number of amides is 1. The van der Waals surface area contributed by atoms with Gasteiger partial charge < -0.3 is 10.4 Å². The van der Waals surface area contributed by atoms with E-state index in [0.29, 0.717) is 6.54 Å². The molecule has 1 aromatic carbocycles. The molecular formula is C17H21NO2S. The number of carbonyl (C=O) groups excluding carboxylic acids is 1. The average molecular weight is 303 g/mol. The largest absolute Gasteiger partial charge is 0.380 e. The Labute approximate surface area is 129 Å². The van der Waals surface area contributed by atoms with Crippen LogP contribution in [-0.4, -0.2) is 23.2 Å². The van der Waals surface area contributed by atoms with E-state index in [4.69, 9.17) is 0 Å². The topological polar surface area (TPSA) is 49.3 Å². The van der Waals surface area contributed by atoms with Crippen molar-refractivity contribution in [1.29, 1.82) is 0 Å². The zero-order chi connectivity index (χ0) is 15.3. The molecule has 0 saturated carbocycles. The van der Waals surface area contributed by atoms with Crippen molar-refractivity contribution in [3.8, 4) is 0 Å². The van der Waals surface area contributed by atoms with Crippen LogP contribution in [0.3, 0.4) is 0 Å². The number of hydrogen-bond donors (Lipinski definition) is 2. The summed E-state index contributed by atoms with van der Waals surface area (Å²) < 4.78 is 0. The van der Waals surface area contributed by atoms with Crippen LogP contribution in [0, 0.1) is 0 Å². The van der Waals surface area contributed by atoms with Gasteiger partial charge in [0, 0.05) is 17.3 Å². The van der Waals surface area contributed by atoms with Crippen molar-refractivity contribution in [2.45, 2.75) is 31.8 Å². The summed E-state index contributed by atoms with van der Waals surface area (Å²) in [6.45, 7) is 3.98. The molecular weight excluding hydrogens is 282 g/mol. The Morgan fingerprint density at radius 1 is 1.29 bits per heavy atom. The molecule has 3 nitrogen and oxygen atoms in total. The molecule has 21 heavy (non-hydrogen) atoms. The van der Waals surface area contributed by atoms with Gasteiger partial charge in [0.05, 0.1) is 0 Å². The van der Waals surface area contributed by atoms with E-state index in [0.717, 1.165) is 12.0 Å². The molecule has 1 heterocycles. The van der Waals surface area contributed by atoms with Crippen molar-refractivity contribution in [2.75, 3.05) is 6.54 Å². The minimum absolute atomic E-state index is 0.263. The number of benzene rings is 1. The first kappa shape index (κ1) is 15.7. The van der Waals surface area contributed by atoms with E-state index in [1.54, 1.807) is 18.3 Å². The Morgan fingerprint density at radius 2 is 2.00 bits per heavy atom. The second-order valence-corrected chi connectivity index (χ2v) is 6.40. The van der Waals surface area contributed by atoms with Gasteiger partial charge in [-0.1, -0.05) is 43.3 Å². The predicted octanol–water partition coefficient (Wildman–Crippen LogP) is 2.96. The van der Waals surface area contributed by atoms with Crippen molar-refractivity contribution in [3.05, 3.63) is 58.3 Å². The standard InChI is InChI=1S/C17H21NO2S/c1-13(14-7-4-3-5-8-14)17(2,20)16(19)18-11-10-15-9-6-12-21-15/h3-9,12-13,20H,10-11H2,1-2H3,(H,18,19). The molecule has 0 saturated heterocycles. The Kier molecular flexibility index (Phi) is 5.15. The van der Waals surface area contributed by atoms with Gasteiger partial charge in [0.2, 0.25) is 0 Å². The Hall–Kier alpha value is -1.65. The highest BCUT2D eigenvalue weighted by atomic mass is 32.1. The summed E-state index contributed by atoms with van der Waals surface area (Å²) in [5, 5.41) is 15.4. The third-order valence-corrected chi connectivity index (χ3v) is 4.78. The van der Waals surface area contributed by atoms with Crippen molar-refractivity contribution in [2.24, 2.45) is 0 Å². The first-order valence-electron chi connectivity index (χ1n) is 7.10. The minimum Gasteiger partial charge on any atom is -0.380 e. The fourth-order valence-electron chi connectivity index (χ4n) is 2.20. The van der Waals surface area contributed by atoms with Crippen molar-refractivity contribution < 1.29 is 9.90 Å². The lowest BCUT2D eigenvalue weighted by atomic mass is 9.84. The Bertz CT molecular complexity index is 564. The average Bonchev–Trinajstić information content (AvgIpc) is 3.00. The van der Waals surface area contributed by atoms with E-state index >= 15 is 0 Å². The number of rotatable bonds is 6. The normalized spacial score (nSPS) is 15.2. The first-order chi connectivity index (χ1) is 10.0.